The molecule has 2 nitrogen and oxygen atoms in total. The van der Waals surface area contributed by atoms with Crippen molar-refractivity contribution in [3.63, 3.8) is 0 Å². The van der Waals surface area contributed by atoms with Crippen molar-refractivity contribution in [2.24, 2.45) is 17.3 Å². The maximum Gasteiger partial charge on any atom is 0.307 e. The van der Waals surface area contributed by atoms with Crippen molar-refractivity contribution in [1.82, 2.24) is 0 Å². The fourth-order valence-corrected chi connectivity index (χ4v) is 3.03. The lowest BCUT2D eigenvalue weighted by Gasteiger charge is -2.32. The number of hydrogen-bond donors (Lipinski definition) is 0. The minimum Gasteiger partial charge on any atom is -0.431 e. The van der Waals surface area contributed by atoms with Gasteiger partial charge >= 0.3 is 5.97 Å². The second-order valence-electron chi connectivity index (χ2n) is 5.67. The third-order valence-corrected chi connectivity index (χ3v) is 3.79. The molecule has 0 spiro atoms. The normalized spacial score (nSPS) is 30.7. The number of allylic oxidation sites excluding steroid dienone is 3. The molecule has 0 aromatic heterocycles. The molecule has 88 valence electrons. The van der Waals surface area contributed by atoms with Crippen molar-refractivity contribution in [3.8, 4) is 0 Å². The summed E-state index contributed by atoms with van der Waals surface area (Å²) in [4.78, 5) is 11.1. The first-order chi connectivity index (χ1) is 7.45. The molecule has 16 heavy (non-hydrogen) atoms. The highest BCUT2D eigenvalue weighted by molar-refractivity contribution is 5.67. The monoisotopic (exact) mass is 220 g/mol. The Kier molecular flexibility index (Phi) is 2.69. The zero-order valence-corrected chi connectivity index (χ0v) is 10.4. The van der Waals surface area contributed by atoms with E-state index in [1.807, 2.05) is 6.08 Å². The molecule has 1 fully saturated rings. The SMILES string of the molecule is C=CCC1=C(OC(C)=O)C2CC2C(C)(C)C1. The third-order valence-electron chi connectivity index (χ3n) is 3.79. The molecule has 2 aliphatic rings. The highest BCUT2D eigenvalue weighted by Crippen LogP contribution is 2.61. The van der Waals surface area contributed by atoms with E-state index in [0.29, 0.717) is 17.3 Å². The minimum absolute atomic E-state index is 0.193. The van der Waals surface area contributed by atoms with E-state index in [0.717, 1.165) is 18.6 Å². The first-order valence-corrected chi connectivity index (χ1v) is 5.97. The van der Waals surface area contributed by atoms with E-state index >= 15 is 0 Å². The van der Waals surface area contributed by atoms with Crippen LogP contribution in [0.3, 0.4) is 0 Å². The van der Waals surface area contributed by atoms with Crippen LogP contribution in [0, 0.1) is 17.3 Å². The van der Waals surface area contributed by atoms with Crippen LogP contribution in [0.4, 0.5) is 0 Å². The predicted molar refractivity (Wildman–Crippen MR) is 63.6 cm³/mol. The summed E-state index contributed by atoms with van der Waals surface area (Å²) in [5.41, 5.74) is 1.63. The standard InChI is InChI=1S/C14H20O2/c1-5-6-10-8-14(3,4)12-7-11(12)13(10)16-9(2)15/h5,11-12H,1,6-8H2,2-4H3. The first kappa shape index (κ1) is 11.4. The summed E-state index contributed by atoms with van der Waals surface area (Å²) >= 11 is 0. The third kappa shape index (κ3) is 1.93. The van der Waals surface area contributed by atoms with E-state index < -0.39 is 0 Å². The first-order valence-electron chi connectivity index (χ1n) is 5.97. The van der Waals surface area contributed by atoms with Gasteiger partial charge in [-0.3, -0.25) is 4.79 Å². The summed E-state index contributed by atoms with van der Waals surface area (Å²) in [7, 11) is 0. The molecule has 0 aromatic carbocycles. The second kappa shape index (κ2) is 3.76. The summed E-state index contributed by atoms with van der Waals surface area (Å²) in [6.45, 7) is 9.88. The highest BCUT2D eigenvalue weighted by Gasteiger charge is 2.54. The van der Waals surface area contributed by atoms with Crippen LogP contribution in [0.2, 0.25) is 0 Å². The molecule has 0 amide bonds. The van der Waals surface area contributed by atoms with Crippen molar-refractivity contribution >= 4 is 5.97 Å². The zero-order valence-electron chi connectivity index (χ0n) is 10.4. The van der Waals surface area contributed by atoms with Gasteiger partial charge in [-0.05, 0) is 36.2 Å². The molecule has 2 aliphatic carbocycles. The molecule has 2 rings (SSSR count). The molecule has 0 bridgehead atoms. The Balaban J connectivity index is 2.27. The van der Waals surface area contributed by atoms with Crippen LogP contribution in [0.25, 0.3) is 0 Å². The van der Waals surface area contributed by atoms with Gasteiger partial charge in [0.25, 0.3) is 0 Å². The average Bonchev–Trinajstić information content (AvgIpc) is 2.91. The summed E-state index contributed by atoms with van der Waals surface area (Å²) in [5, 5.41) is 0. The summed E-state index contributed by atoms with van der Waals surface area (Å²) < 4.78 is 5.40. The zero-order chi connectivity index (χ0) is 11.9. The van der Waals surface area contributed by atoms with Crippen molar-refractivity contribution in [3.05, 3.63) is 24.0 Å². The van der Waals surface area contributed by atoms with Gasteiger partial charge in [0.15, 0.2) is 0 Å². The Morgan fingerprint density at radius 1 is 1.62 bits per heavy atom. The lowest BCUT2D eigenvalue weighted by atomic mass is 9.75. The summed E-state index contributed by atoms with van der Waals surface area (Å²) in [6.07, 6.45) is 4.95. The molecule has 2 unspecified atom stereocenters. The van der Waals surface area contributed by atoms with Gasteiger partial charge in [0.05, 0.1) is 0 Å². The van der Waals surface area contributed by atoms with Gasteiger partial charge in [-0.2, -0.15) is 0 Å². The van der Waals surface area contributed by atoms with Crippen molar-refractivity contribution in [2.45, 2.75) is 40.0 Å². The number of carbonyl (C=O) groups is 1. The van der Waals surface area contributed by atoms with Crippen molar-refractivity contribution < 1.29 is 9.53 Å². The molecule has 0 aliphatic heterocycles. The van der Waals surface area contributed by atoms with Gasteiger partial charge in [-0.1, -0.05) is 19.9 Å². The molecule has 2 atom stereocenters. The van der Waals surface area contributed by atoms with Crippen LogP contribution in [0.1, 0.15) is 40.0 Å². The Hall–Kier alpha value is -1.05. The van der Waals surface area contributed by atoms with Crippen molar-refractivity contribution in [1.29, 1.82) is 0 Å². The second-order valence-corrected chi connectivity index (χ2v) is 5.67. The number of fused-ring (bicyclic) bond motifs is 1. The van der Waals surface area contributed by atoms with E-state index in [9.17, 15) is 4.79 Å². The largest absolute Gasteiger partial charge is 0.431 e. The summed E-state index contributed by atoms with van der Waals surface area (Å²) in [5.74, 6) is 1.96. The number of rotatable bonds is 3. The molecule has 0 radical (unpaired) electrons. The van der Waals surface area contributed by atoms with E-state index in [2.05, 4.69) is 20.4 Å². The fraction of sp³-hybridized carbons (Fsp3) is 0.643. The maximum absolute atomic E-state index is 11.1. The van der Waals surface area contributed by atoms with E-state index in [-0.39, 0.29) is 5.97 Å². The Morgan fingerprint density at radius 2 is 2.31 bits per heavy atom. The predicted octanol–water partition coefficient (Wildman–Crippen LogP) is 3.45. The lowest BCUT2D eigenvalue weighted by molar-refractivity contribution is -0.137. The van der Waals surface area contributed by atoms with E-state index in [1.165, 1.54) is 18.9 Å². The van der Waals surface area contributed by atoms with Gasteiger partial charge < -0.3 is 4.74 Å². The maximum atomic E-state index is 11.1. The molecule has 1 saturated carbocycles. The summed E-state index contributed by atoms with van der Waals surface area (Å²) in [6, 6.07) is 0. The van der Waals surface area contributed by atoms with Gasteiger partial charge in [0.1, 0.15) is 5.76 Å². The molecule has 2 heteroatoms. The van der Waals surface area contributed by atoms with Gasteiger partial charge in [-0.25, -0.2) is 0 Å². The van der Waals surface area contributed by atoms with Gasteiger partial charge in [-0.15, -0.1) is 6.58 Å². The van der Waals surface area contributed by atoms with Crippen LogP contribution >= 0.6 is 0 Å². The lowest BCUT2D eigenvalue weighted by Crippen LogP contribution is -2.23. The molecule has 0 N–H and O–H groups in total. The quantitative estimate of drug-likeness (QED) is 0.538. The highest BCUT2D eigenvalue weighted by atomic mass is 16.5. The van der Waals surface area contributed by atoms with Crippen LogP contribution < -0.4 is 0 Å². The van der Waals surface area contributed by atoms with E-state index in [4.69, 9.17) is 4.74 Å². The minimum atomic E-state index is -0.193. The molecule has 0 heterocycles. The van der Waals surface area contributed by atoms with E-state index in [1.54, 1.807) is 0 Å². The Morgan fingerprint density at radius 3 is 2.88 bits per heavy atom. The fourth-order valence-electron chi connectivity index (χ4n) is 3.03. The molecule has 0 saturated heterocycles. The molecular formula is C14H20O2. The number of ether oxygens (including phenoxy) is 1. The van der Waals surface area contributed by atoms with Crippen LogP contribution in [0.15, 0.2) is 24.0 Å². The van der Waals surface area contributed by atoms with Gasteiger partial charge in [0, 0.05) is 12.8 Å². The number of hydrogen-bond acceptors (Lipinski definition) is 2. The molecule has 0 aromatic rings. The number of esters is 1. The van der Waals surface area contributed by atoms with Gasteiger partial charge in [0.2, 0.25) is 0 Å². The molecular weight excluding hydrogens is 200 g/mol. The van der Waals surface area contributed by atoms with Crippen LogP contribution in [-0.2, 0) is 9.53 Å². The Labute approximate surface area is 97.4 Å². The smallest absolute Gasteiger partial charge is 0.307 e. The topological polar surface area (TPSA) is 26.3 Å². The van der Waals surface area contributed by atoms with Crippen LogP contribution in [-0.4, -0.2) is 5.97 Å². The van der Waals surface area contributed by atoms with Crippen LogP contribution in [0.5, 0.6) is 0 Å². The Bertz CT molecular complexity index is 363. The average molecular weight is 220 g/mol. The van der Waals surface area contributed by atoms with Crippen molar-refractivity contribution in [2.75, 3.05) is 0 Å². The number of carbonyl (C=O) groups excluding carboxylic acids is 1.